The second-order valence-electron chi connectivity index (χ2n) is 8.47. The molecule has 1 aliphatic rings. The number of Topliss-reactive ketones (excluding diaryl/α,β-unsaturated/α-hetero) is 2. The van der Waals surface area contributed by atoms with E-state index in [0.717, 1.165) is 12.8 Å². The lowest BCUT2D eigenvalue weighted by atomic mass is 9.81. The number of amides is 2. The van der Waals surface area contributed by atoms with Crippen LogP contribution < -0.4 is 11.1 Å². The molecule has 2 amide bonds. The number of nitrogens with one attached hydrogen (secondary N) is 1. The van der Waals surface area contributed by atoms with Crippen LogP contribution in [-0.2, 0) is 28.6 Å². The molecule has 176 valence electrons. The van der Waals surface area contributed by atoms with E-state index in [1.807, 2.05) is 13.8 Å². The fourth-order valence-corrected chi connectivity index (χ4v) is 3.72. The van der Waals surface area contributed by atoms with Crippen LogP contribution in [0.25, 0.3) is 0 Å². The first-order valence-corrected chi connectivity index (χ1v) is 10.5. The van der Waals surface area contributed by atoms with E-state index in [0.29, 0.717) is 0 Å². The number of hydrogen-bond acceptors (Lipinski definition) is 8. The molecule has 10 nitrogen and oxygen atoms in total. The monoisotopic (exact) mass is 442 g/mol. The molecule has 10 heteroatoms. The first-order chi connectivity index (χ1) is 14.3. The molecule has 0 aliphatic carbocycles. The van der Waals surface area contributed by atoms with Gasteiger partial charge < -0.3 is 25.3 Å². The fourth-order valence-electron chi connectivity index (χ4n) is 3.72. The van der Waals surface area contributed by atoms with E-state index in [9.17, 15) is 24.0 Å². The number of nitrogens with two attached hydrogens (primary N) is 1. The zero-order chi connectivity index (χ0) is 23.9. The molecule has 1 aliphatic heterocycles. The molecule has 1 fully saturated rings. The van der Waals surface area contributed by atoms with Crippen LogP contribution in [0.15, 0.2) is 0 Å². The highest BCUT2D eigenvalue weighted by atomic mass is 16.6. The summed E-state index contributed by atoms with van der Waals surface area (Å²) < 4.78 is 15.2. The highest BCUT2D eigenvalue weighted by Crippen LogP contribution is 2.30. The van der Waals surface area contributed by atoms with Crippen LogP contribution in [0.4, 0.5) is 9.59 Å². The maximum Gasteiger partial charge on any atom is 0.408 e. The van der Waals surface area contributed by atoms with E-state index in [1.54, 1.807) is 13.8 Å². The number of alkyl carbamates (subject to hydrolysis) is 1. The Labute approximate surface area is 182 Å². The third-order valence-corrected chi connectivity index (χ3v) is 5.66. The van der Waals surface area contributed by atoms with Gasteiger partial charge in [0, 0.05) is 11.8 Å². The molecule has 0 bridgehead atoms. The Morgan fingerprint density at radius 3 is 2.26 bits per heavy atom. The summed E-state index contributed by atoms with van der Waals surface area (Å²) in [5.41, 5.74) is 3.61. The van der Waals surface area contributed by atoms with Gasteiger partial charge in [-0.15, -0.1) is 0 Å². The number of ether oxygens (including phenoxy) is 3. The quantitative estimate of drug-likeness (QED) is 0.264. The first kappa shape index (κ1) is 26.4. The fraction of sp³-hybridized carbons (Fsp3) is 0.762. The lowest BCUT2D eigenvalue weighted by Crippen LogP contribution is -2.52. The summed E-state index contributed by atoms with van der Waals surface area (Å²) in [6.07, 6.45) is -0.126. The Morgan fingerprint density at radius 2 is 1.71 bits per heavy atom. The zero-order valence-corrected chi connectivity index (χ0v) is 19.1. The van der Waals surface area contributed by atoms with Gasteiger partial charge in [-0.2, -0.15) is 0 Å². The van der Waals surface area contributed by atoms with Gasteiger partial charge in [0.1, 0.15) is 24.9 Å². The van der Waals surface area contributed by atoms with Crippen LogP contribution in [0.3, 0.4) is 0 Å². The summed E-state index contributed by atoms with van der Waals surface area (Å²) in [6, 6.07) is -0.687. The van der Waals surface area contributed by atoms with Crippen LogP contribution in [0.2, 0.25) is 0 Å². The van der Waals surface area contributed by atoms with E-state index in [4.69, 9.17) is 15.2 Å². The molecule has 0 aromatic rings. The van der Waals surface area contributed by atoms with E-state index in [-0.39, 0.29) is 24.9 Å². The average Bonchev–Trinajstić information content (AvgIpc) is 3.02. The Bertz CT molecular complexity index is 709. The molecule has 0 aromatic heterocycles. The van der Waals surface area contributed by atoms with Crippen molar-refractivity contribution in [3.8, 4) is 0 Å². The lowest BCUT2D eigenvalue weighted by molar-refractivity contribution is -0.158. The summed E-state index contributed by atoms with van der Waals surface area (Å²) >= 11 is 0. The standard InChI is InChI=1S/C21H34N2O8/c1-7-8-11(2)15(24)13(4)17-21(6,31-20(28)23-17)10-30-18(26)14(5)16(25)12(3)9-29-19(22)27/h11-14,17H,7-10H2,1-6H3,(H2,22,27)(H,23,28)/t11-,12-,13?,14?,17?,21-/m1/s1. The highest BCUT2D eigenvalue weighted by Gasteiger charge is 2.51. The molecule has 0 saturated carbocycles. The van der Waals surface area contributed by atoms with Crippen molar-refractivity contribution in [3.63, 3.8) is 0 Å². The minimum Gasteiger partial charge on any atom is -0.461 e. The van der Waals surface area contributed by atoms with Gasteiger partial charge in [-0.05, 0) is 20.3 Å². The molecule has 3 N–H and O–H groups in total. The van der Waals surface area contributed by atoms with Crippen molar-refractivity contribution in [2.24, 2.45) is 29.4 Å². The molecular weight excluding hydrogens is 408 g/mol. The van der Waals surface area contributed by atoms with Gasteiger partial charge >= 0.3 is 18.2 Å². The van der Waals surface area contributed by atoms with Crippen LogP contribution in [0.5, 0.6) is 0 Å². The van der Waals surface area contributed by atoms with Crippen molar-refractivity contribution in [3.05, 3.63) is 0 Å². The number of ketones is 2. The number of esters is 1. The summed E-state index contributed by atoms with van der Waals surface area (Å²) in [6.45, 7) is 9.42. The molecule has 0 radical (unpaired) electrons. The number of carbonyl (C=O) groups excluding carboxylic acids is 5. The minimum atomic E-state index is -1.27. The number of rotatable bonds is 12. The molecule has 3 unspecified atom stereocenters. The van der Waals surface area contributed by atoms with Crippen molar-refractivity contribution in [1.29, 1.82) is 0 Å². The Kier molecular flexibility index (Phi) is 9.45. The van der Waals surface area contributed by atoms with Crippen LogP contribution in [0.1, 0.15) is 54.4 Å². The van der Waals surface area contributed by atoms with Crippen molar-refractivity contribution in [1.82, 2.24) is 5.32 Å². The second-order valence-corrected chi connectivity index (χ2v) is 8.47. The summed E-state index contributed by atoms with van der Waals surface area (Å²) in [7, 11) is 0. The maximum absolute atomic E-state index is 12.7. The Hall–Kier alpha value is -2.65. The van der Waals surface area contributed by atoms with Crippen LogP contribution in [-0.4, -0.2) is 54.6 Å². The van der Waals surface area contributed by atoms with Gasteiger partial charge in [0.25, 0.3) is 0 Å². The topological polar surface area (TPSA) is 151 Å². The maximum atomic E-state index is 12.7. The molecule has 0 spiro atoms. The number of cyclic esters (lactones) is 1. The third kappa shape index (κ3) is 6.93. The van der Waals surface area contributed by atoms with E-state index >= 15 is 0 Å². The van der Waals surface area contributed by atoms with Gasteiger partial charge in [0.15, 0.2) is 11.4 Å². The number of primary amides is 1. The van der Waals surface area contributed by atoms with Gasteiger partial charge in [-0.25, -0.2) is 9.59 Å². The van der Waals surface area contributed by atoms with E-state index < -0.39 is 53.3 Å². The highest BCUT2D eigenvalue weighted by molar-refractivity contribution is 5.99. The third-order valence-electron chi connectivity index (χ3n) is 5.66. The number of carbonyl (C=O) groups is 5. The lowest BCUT2D eigenvalue weighted by Gasteiger charge is -2.32. The van der Waals surface area contributed by atoms with Crippen molar-refractivity contribution >= 4 is 29.7 Å². The smallest absolute Gasteiger partial charge is 0.408 e. The normalized spacial score (nSPS) is 24.2. The summed E-state index contributed by atoms with van der Waals surface area (Å²) in [5, 5.41) is 2.64. The summed E-state index contributed by atoms with van der Waals surface area (Å²) in [4.78, 5) is 60.1. The zero-order valence-electron chi connectivity index (χ0n) is 19.1. The molecule has 31 heavy (non-hydrogen) atoms. The minimum absolute atomic E-state index is 0.0120. The molecule has 1 rings (SSSR count). The van der Waals surface area contributed by atoms with Crippen molar-refractivity contribution < 1.29 is 38.2 Å². The SMILES string of the molecule is CCC[C@@H](C)C(=O)C(C)C1NC(=O)O[C@]1(C)COC(=O)C(C)C(=O)[C@H](C)COC(N)=O. The molecule has 6 atom stereocenters. The van der Waals surface area contributed by atoms with Gasteiger partial charge in [0.05, 0.1) is 12.0 Å². The van der Waals surface area contributed by atoms with Gasteiger partial charge in [-0.1, -0.05) is 34.1 Å². The van der Waals surface area contributed by atoms with E-state index in [2.05, 4.69) is 10.1 Å². The summed E-state index contributed by atoms with van der Waals surface area (Å²) in [5.74, 6) is -3.90. The first-order valence-electron chi connectivity index (χ1n) is 10.5. The average molecular weight is 443 g/mol. The van der Waals surface area contributed by atoms with Crippen LogP contribution in [0, 0.1) is 23.7 Å². The Morgan fingerprint density at radius 1 is 1.10 bits per heavy atom. The van der Waals surface area contributed by atoms with Gasteiger partial charge in [-0.3, -0.25) is 14.4 Å². The van der Waals surface area contributed by atoms with Gasteiger partial charge in [0.2, 0.25) is 0 Å². The van der Waals surface area contributed by atoms with Crippen LogP contribution >= 0.6 is 0 Å². The van der Waals surface area contributed by atoms with E-state index in [1.165, 1.54) is 13.8 Å². The van der Waals surface area contributed by atoms with Crippen molar-refractivity contribution in [2.45, 2.75) is 66.0 Å². The second kappa shape index (κ2) is 11.1. The Balaban J connectivity index is 2.78. The largest absolute Gasteiger partial charge is 0.461 e. The predicted octanol–water partition coefficient (Wildman–Crippen LogP) is 1.97. The predicted molar refractivity (Wildman–Crippen MR) is 110 cm³/mol. The molecule has 1 saturated heterocycles. The van der Waals surface area contributed by atoms with Crippen molar-refractivity contribution in [2.75, 3.05) is 13.2 Å². The molecule has 1 heterocycles. The number of hydrogen-bond donors (Lipinski definition) is 2. The molecule has 0 aromatic carbocycles. The molecular formula is C21H34N2O8.